The summed E-state index contributed by atoms with van der Waals surface area (Å²) < 4.78 is 17.0. The van der Waals surface area contributed by atoms with Crippen molar-refractivity contribution in [2.24, 2.45) is 0 Å². The van der Waals surface area contributed by atoms with E-state index in [1.807, 2.05) is 60.8 Å². The molecule has 0 aliphatic rings. The Morgan fingerprint density at radius 3 is 2.79 bits per heavy atom. The fourth-order valence-electron chi connectivity index (χ4n) is 3.10. The van der Waals surface area contributed by atoms with Gasteiger partial charge in [0.1, 0.15) is 22.6 Å². The van der Waals surface area contributed by atoms with Gasteiger partial charge in [-0.15, -0.1) is 11.3 Å². The number of para-hydroxylation sites is 1. The van der Waals surface area contributed by atoms with Gasteiger partial charge in [0.25, 0.3) is 5.91 Å². The standard InChI is InChI=1S/C22H16N2O4S/c1-2-26-15-7-8-18-14(9-15)11-19(27-18)16-12-29-22(23-16)24-21(25)20-10-13-5-3-4-6-17(13)28-20/h3-12H,2H2,1H3,(H,23,24,25). The van der Waals surface area contributed by atoms with E-state index in [9.17, 15) is 4.79 Å². The summed E-state index contributed by atoms with van der Waals surface area (Å²) >= 11 is 1.33. The van der Waals surface area contributed by atoms with Crippen LogP contribution in [0.25, 0.3) is 33.4 Å². The highest BCUT2D eigenvalue weighted by Gasteiger charge is 2.16. The Kier molecular flexibility index (Phi) is 4.29. The van der Waals surface area contributed by atoms with Crippen LogP contribution in [0, 0.1) is 0 Å². The van der Waals surface area contributed by atoms with Gasteiger partial charge in [-0.1, -0.05) is 18.2 Å². The summed E-state index contributed by atoms with van der Waals surface area (Å²) in [5.74, 6) is 1.33. The smallest absolute Gasteiger partial charge is 0.293 e. The molecule has 3 aromatic heterocycles. The van der Waals surface area contributed by atoms with Gasteiger partial charge in [0.2, 0.25) is 0 Å². The van der Waals surface area contributed by atoms with E-state index in [2.05, 4.69) is 10.3 Å². The van der Waals surface area contributed by atoms with Crippen LogP contribution in [-0.4, -0.2) is 17.5 Å². The minimum Gasteiger partial charge on any atom is -0.494 e. The van der Waals surface area contributed by atoms with Crippen LogP contribution in [0.5, 0.6) is 5.75 Å². The van der Waals surface area contributed by atoms with E-state index < -0.39 is 0 Å². The van der Waals surface area contributed by atoms with Gasteiger partial charge >= 0.3 is 0 Å². The minimum atomic E-state index is -0.340. The Bertz CT molecular complexity index is 1300. The number of hydrogen-bond acceptors (Lipinski definition) is 6. The number of carbonyl (C=O) groups excluding carboxylic acids is 1. The topological polar surface area (TPSA) is 77.5 Å². The number of carbonyl (C=O) groups is 1. The zero-order valence-electron chi connectivity index (χ0n) is 15.5. The van der Waals surface area contributed by atoms with Crippen LogP contribution >= 0.6 is 11.3 Å². The van der Waals surface area contributed by atoms with Crippen molar-refractivity contribution < 1.29 is 18.4 Å². The molecule has 3 heterocycles. The average Bonchev–Trinajstić information content (AvgIpc) is 3.45. The molecular formula is C22H16N2O4S. The highest BCUT2D eigenvalue weighted by molar-refractivity contribution is 7.14. The van der Waals surface area contributed by atoms with Crippen molar-refractivity contribution in [1.29, 1.82) is 0 Å². The van der Waals surface area contributed by atoms with Gasteiger partial charge in [-0.2, -0.15) is 0 Å². The lowest BCUT2D eigenvalue weighted by Gasteiger charge is -2.00. The molecule has 2 aromatic carbocycles. The second-order valence-corrected chi connectivity index (χ2v) is 7.24. The highest BCUT2D eigenvalue weighted by Crippen LogP contribution is 2.32. The summed E-state index contributed by atoms with van der Waals surface area (Å²) in [6.45, 7) is 2.55. The molecule has 0 saturated heterocycles. The van der Waals surface area contributed by atoms with E-state index in [0.29, 0.717) is 28.8 Å². The third kappa shape index (κ3) is 3.36. The zero-order valence-corrected chi connectivity index (χ0v) is 16.3. The first-order chi connectivity index (χ1) is 14.2. The molecule has 5 aromatic rings. The number of aromatic nitrogens is 1. The summed E-state index contributed by atoms with van der Waals surface area (Å²) in [6.07, 6.45) is 0. The molecular weight excluding hydrogens is 388 g/mol. The molecule has 1 N–H and O–H groups in total. The molecule has 144 valence electrons. The molecule has 1 amide bonds. The van der Waals surface area contributed by atoms with E-state index >= 15 is 0 Å². The van der Waals surface area contributed by atoms with Gasteiger partial charge in [-0.25, -0.2) is 4.98 Å². The van der Waals surface area contributed by atoms with E-state index in [-0.39, 0.29) is 11.7 Å². The van der Waals surface area contributed by atoms with Crippen molar-refractivity contribution in [2.75, 3.05) is 11.9 Å². The van der Waals surface area contributed by atoms with Gasteiger partial charge < -0.3 is 13.6 Å². The maximum Gasteiger partial charge on any atom is 0.293 e. The molecule has 7 heteroatoms. The third-order valence-corrected chi connectivity index (χ3v) is 5.18. The molecule has 0 saturated carbocycles. The summed E-state index contributed by atoms with van der Waals surface area (Å²) in [5, 5.41) is 6.92. The Morgan fingerprint density at radius 1 is 1.07 bits per heavy atom. The molecule has 29 heavy (non-hydrogen) atoms. The quantitative estimate of drug-likeness (QED) is 0.391. The first-order valence-electron chi connectivity index (χ1n) is 9.12. The van der Waals surface area contributed by atoms with Crippen molar-refractivity contribution in [2.45, 2.75) is 6.92 Å². The Morgan fingerprint density at radius 2 is 1.93 bits per heavy atom. The Balaban J connectivity index is 1.37. The number of amides is 1. The highest BCUT2D eigenvalue weighted by atomic mass is 32.1. The van der Waals surface area contributed by atoms with Crippen molar-refractivity contribution in [1.82, 2.24) is 4.98 Å². The van der Waals surface area contributed by atoms with Gasteiger partial charge in [0.15, 0.2) is 16.7 Å². The van der Waals surface area contributed by atoms with Gasteiger partial charge in [0.05, 0.1) is 6.61 Å². The number of thiazole rings is 1. The van der Waals surface area contributed by atoms with Crippen LogP contribution in [-0.2, 0) is 0 Å². The largest absolute Gasteiger partial charge is 0.494 e. The first kappa shape index (κ1) is 17.5. The van der Waals surface area contributed by atoms with Crippen molar-refractivity contribution in [3.63, 3.8) is 0 Å². The predicted molar refractivity (Wildman–Crippen MR) is 113 cm³/mol. The summed E-state index contributed by atoms with van der Waals surface area (Å²) in [4.78, 5) is 17.0. The van der Waals surface area contributed by atoms with Crippen LogP contribution in [0.1, 0.15) is 17.5 Å². The predicted octanol–water partition coefficient (Wildman–Crippen LogP) is 5.95. The number of nitrogens with one attached hydrogen (secondary N) is 1. The number of hydrogen-bond donors (Lipinski definition) is 1. The maximum atomic E-state index is 12.5. The number of ether oxygens (including phenoxy) is 1. The lowest BCUT2D eigenvalue weighted by atomic mass is 10.2. The number of rotatable bonds is 5. The summed E-state index contributed by atoms with van der Waals surface area (Å²) in [5.41, 5.74) is 2.08. The van der Waals surface area contributed by atoms with Gasteiger partial charge in [-0.3, -0.25) is 10.1 Å². The molecule has 0 aliphatic heterocycles. The normalized spacial score (nSPS) is 11.2. The molecule has 0 aliphatic carbocycles. The van der Waals surface area contributed by atoms with E-state index in [4.69, 9.17) is 13.6 Å². The van der Waals surface area contributed by atoms with Crippen LogP contribution in [0.2, 0.25) is 0 Å². The summed E-state index contributed by atoms with van der Waals surface area (Å²) in [6, 6.07) is 16.8. The van der Waals surface area contributed by atoms with E-state index in [1.165, 1.54) is 11.3 Å². The van der Waals surface area contributed by atoms with Crippen LogP contribution in [0.4, 0.5) is 5.13 Å². The molecule has 0 atom stereocenters. The van der Waals surface area contributed by atoms with Crippen molar-refractivity contribution in [3.8, 4) is 17.2 Å². The van der Waals surface area contributed by atoms with Gasteiger partial charge in [0, 0.05) is 16.2 Å². The third-order valence-electron chi connectivity index (χ3n) is 4.43. The fraction of sp³-hybridized carbons (Fsp3) is 0.0909. The second kappa shape index (κ2) is 7.10. The number of fused-ring (bicyclic) bond motifs is 2. The molecule has 0 fully saturated rings. The molecule has 0 spiro atoms. The monoisotopic (exact) mass is 404 g/mol. The SMILES string of the molecule is CCOc1ccc2oc(-c3csc(NC(=O)c4cc5ccccc5o4)n3)cc2c1. The fourth-order valence-corrected chi connectivity index (χ4v) is 3.80. The number of furan rings is 2. The lowest BCUT2D eigenvalue weighted by Crippen LogP contribution is -2.10. The molecule has 0 unspecified atom stereocenters. The molecule has 0 bridgehead atoms. The average molecular weight is 404 g/mol. The number of benzene rings is 2. The van der Waals surface area contributed by atoms with Crippen LogP contribution in [0.15, 0.2) is 68.8 Å². The Hall–Kier alpha value is -3.58. The van der Waals surface area contributed by atoms with Crippen molar-refractivity contribution in [3.05, 3.63) is 65.7 Å². The van der Waals surface area contributed by atoms with Gasteiger partial charge in [-0.05, 0) is 43.3 Å². The second-order valence-electron chi connectivity index (χ2n) is 6.38. The molecule has 6 nitrogen and oxygen atoms in total. The zero-order chi connectivity index (χ0) is 19.8. The lowest BCUT2D eigenvalue weighted by molar-refractivity contribution is 0.0998. The molecule has 0 radical (unpaired) electrons. The maximum absolute atomic E-state index is 12.5. The Labute approximate surface area is 169 Å². The van der Waals surface area contributed by atoms with Crippen LogP contribution < -0.4 is 10.1 Å². The van der Waals surface area contributed by atoms with E-state index in [1.54, 1.807) is 6.07 Å². The summed E-state index contributed by atoms with van der Waals surface area (Å²) in [7, 11) is 0. The number of nitrogens with zero attached hydrogens (tertiary/aromatic N) is 1. The van der Waals surface area contributed by atoms with Crippen molar-refractivity contribution >= 4 is 44.3 Å². The molecule has 5 rings (SSSR count). The van der Waals surface area contributed by atoms with E-state index in [0.717, 1.165) is 22.1 Å². The van der Waals surface area contributed by atoms with Crippen LogP contribution in [0.3, 0.4) is 0 Å². The number of anilines is 1. The first-order valence-corrected chi connectivity index (χ1v) is 10.00. The minimum absolute atomic E-state index is 0.246.